The van der Waals surface area contributed by atoms with E-state index in [0.717, 1.165) is 20.7 Å². The number of aliphatic hydroxyl groups is 1. The van der Waals surface area contributed by atoms with Gasteiger partial charge in [-0.15, -0.1) is 0 Å². The number of carbonyl (C=O) groups is 1. The van der Waals surface area contributed by atoms with E-state index in [-0.39, 0.29) is 24.7 Å². The minimum absolute atomic E-state index is 0.00768. The van der Waals surface area contributed by atoms with Gasteiger partial charge in [0.15, 0.2) is 0 Å². The second-order valence-electron chi connectivity index (χ2n) is 8.21. The van der Waals surface area contributed by atoms with E-state index >= 15 is 0 Å². The number of rotatable bonds is 9. The minimum atomic E-state index is -1.49. The summed E-state index contributed by atoms with van der Waals surface area (Å²) in [4.78, 5) is 21.9. The van der Waals surface area contributed by atoms with Crippen molar-refractivity contribution in [3.05, 3.63) is 78.4 Å². The summed E-state index contributed by atoms with van der Waals surface area (Å²) in [5, 5.41) is 12.9. The topological polar surface area (TPSA) is 83.3 Å². The molecule has 0 radical (unpaired) electrons. The maximum absolute atomic E-state index is 12.8. The molecule has 0 unspecified atom stereocenters. The van der Waals surface area contributed by atoms with Gasteiger partial charge in [-0.05, 0) is 19.9 Å². The van der Waals surface area contributed by atoms with Crippen LogP contribution in [0, 0.1) is 0 Å². The van der Waals surface area contributed by atoms with Gasteiger partial charge in [0.1, 0.15) is 5.75 Å². The number of nitrogens with zero attached hydrogens (tertiary/aromatic N) is 2. The van der Waals surface area contributed by atoms with Crippen LogP contribution in [-0.2, 0) is 6.42 Å². The molecule has 4 rings (SSSR count). The van der Waals surface area contributed by atoms with Crippen molar-refractivity contribution in [2.75, 3.05) is 6.61 Å². The molecule has 1 amide bonds. The first-order chi connectivity index (χ1) is 16.4. The Morgan fingerprint density at radius 1 is 1.21 bits per heavy atom. The molecule has 8 heteroatoms. The number of amides is 1. The number of fused-ring (bicyclic) bond motifs is 1. The van der Waals surface area contributed by atoms with Gasteiger partial charge in [0.2, 0.25) is 0 Å². The van der Waals surface area contributed by atoms with Crippen molar-refractivity contribution in [1.82, 2.24) is 5.32 Å². The summed E-state index contributed by atoms with van der Waals surface area (Å²) in [6.07, 6.45) is 4.85. The maximum atomic E-state index is 12.8. The van der Waals surface area contributed by atoms with Crippen molar-refractivity contribution in [3.63, 3.8) is 0 Å². The van der Waals surface area contributed by atoms with E-state index in [1.54, 1.807) is 24.4 Å². The van der Waals surface area contributed by atoms with Gasteiger partial charge in [0.25, 0.3) is 0 Å². The number of hydrogen-bond donors (Lipinski definition) is 2. The number of aliphatic imine (C=N–C) groups is 2. The molecule has 2 aromatic carbocycles. The summed E-state index contributed by atoms with van der Waals surface area (Å²) < 4.78 is 11.1. The van der Waals surface area contributed by atoms with Gasteiger partial charge in [-0.25, -0.2) is 0 Å². The van der Waals surface area contributed by atoms with Crippen LogP contribution in [0.1, 0.15) is 41.8 Å². The summed E-state index contributed by atoms with van der Waals surface area (Å²) in [5.41, 5.74) is 3.57. The molecule has 2 aliphatic heterocycles. The van der Waals surface area contributed by atoms with Gasteiger partial charge in [-0.1, -0.05) is 11.6 Å². The molecule has 0 fully saturated rings. The van der Waals surface area contributed by atoms with Gasteiger partial charge in [-0.2, -0.15) is 0 Å². The normalized spacial score (nSPS) is 16.2. The Kier molecular flexibility index (Phi) is 8.18. The van der Waals surface area contributed by atoms with Crippen LogP contribution in [0.3, 0.4) is 0 Å². The fraction of sp³-hybridized carbons (Fsp3) is 0.269. The molecule has 0 aliphatic carbocycles. The third kappa shape index (κ3) is 6.14. The standard InChI is InChI=1S/C26H27ClIN3O3/c1-17(2)34-24-9-8-20(15-22(24)27)25(33)30-21(10-13-32)14-18-4-6-19(7-5-18)23-16-28-11-3-12-29-26(28)31-23/h3-9,11-12,15-17,21,32H,10,13-14H2,1-2H3,(H,30,33)/t21-/m1/s1. The molecule has 2 aromatic rings. The van der Waals surface area contributed by atoms with Crippen molar-refractivity contribution < 1.29 is 14.6 Å². The summed E-state index contributed by atoms with van der Waals surface area (Å²) >= 11 is 4.80. The third-order valence-corrected chi connectivity index (χ3v) is 9.59. The molecule has 0 bridgehead atoms. The minimum Gasteiger partial charge on any atom is -0.0803 e. The number of allylic oxidation sites excluding steroid dienone is 1. The Bertz CT molecular complexity index is 1170. The van der Waals surface area contributed by atoms with Crippen molar-refractivity contribution in [2.45, 2.75) is 38.8 Å². The Labute approximate surface area is 211 Å². The molecule has 1 atom stereocenters. The van der Waals surface area contributed by atoms with Crippen molar-refractivity contribution in [3.8, 4) is 5.75 Å². The first kappa shape index (κ1) is 24.6. The smallest absolute Gasteiger partial charge is 0.0803 e. The predicted octanol–water partition coefficient (Wildman–Crippen LogP) is 5.62. The average molecular weight is 592 g/mol. The zero-order chi connectivity index (χ0) is 24.1. The first-order valence-electron chi connectivity index (χ1n) is 11.1. The second kappa shape index (κ2) is 11.3. The number of ether oxygens (including phenoxy) is 1. The number of hydrogen-bond acceptors (Lipinski definition) is 5. The number of halogens is 2. The van der Waals surface area contributed by atoms with Crippen LogP contribution in [0.25, 0.3) is 5.70 Å². The summed E-state index contributed by atoms with van der Waals surface area (Å²) in [5.74, 6) is 0.314. The second-order valence-corrected chi connectivity index (χ2v) is 12.9. The monoisotopic (exact) mass is 591 g/mol. The first-order valence-corrected chi connectivity index (χ1v) is 15.0. The zero-order valence-electron chi connectivity index (χ0n) is 19.0. The molecule has 0 saturated carbocycles. The molecular formula is C26H27ClIN3O3. The van der Waals surface area contributed by atoms with Crippen LogP contribution in [0.2, 0.25) is 5.02 Å². The van der Waals surface area contributed by atoms with E-state index in [4.69, 9.17) is 21.3 Å². The predicted molar refractivity (Wildman–Crippen MR) is 147 cm³/mol. The summed E-state index contributed by atoms with van der Waals surface area (Å²) in [6, 6.07) is 13.0. The number of amidine groups is 1. The van der Waals surface area contributed by atoms with Crippen molar-refractivity contribution >= 4 is 53.1 Å². The van der Waals surface area contributed by atoms with Gasteiger partial charge in [0.05, 0.1) is 11.1 Å². The van der Waals surface area contributed by atoms with Crippen LogP contribution in [0.5, 0.6) is 5.75 Å². The van der Waals surface area contributed by atoms with E-state index in [0.29, 0.717) is 29.2 Å². The third-order valence-electron chi connectivity index (χ3n) is 5.21. The number of nitrogens with one attached hydrogen (secondary N) is 1. The van der Waals surface area contributed by atoms with Crippen LogP contribution >= 0.6 is 31.4 Å². The van der Waals surface area contributed by atoms with Crippen LogP contribution < -0.4 is 10.1 Å². The van der Waals surface area contributed by atoms with E-state index in [9.17, 15) is 9.90 Å². The fourth-order valence-electron chi connectivity index (χ4n) is 3.59. The average Bonchev–Trinajstić information content (AvgIpc) is 3.25. The molecule has 178 valence electrons. The van der Waals surface area contributed by atoms with Crippen molar-refractivity contribution in [2.24, 2.45) is 9.98 Å². The Morgan fingerprint density at radius 3 is 2.68 bits per heavy atom. The quantitative estimate of drug-likeness (QED) is 0.293. The molecule has 0 aromatic heterocycles. The Hall–Kier alpha value is -2.49. The van der Waals surface area contributed by atoms with E-state index in [2.05, 4.69) is 30.6 Å². The fourth-order valence-corrected chi connectivity index (χ4v) is 7.41. The molecule has 0 saturated heterocycles. The molecule has 2 heterocycles. The Morgan fingerprint density at radius 2 is 2.00 bits per heavy atom. The zero-order valence-corrected chi connectivity index (χ0v) is 22.0. The number of carbonyl (C=O) groups excluding carboxylic acids is 1. The SMILES string of the molecule is CC(C)Oc1ccc(C(=O)N[C@H](CCO)Cc2ccc(C3=CI4C=CC=NC4=N3)cc2)cc1Cl. The van der Waals surface area contributed by atoms with Crippen LogP contribution in [0.4, 0.5) is 0 Å². The molecule has 34 heavy (non-hydrogen) atoms. The van der Waals surface area contributed by atoms with Crippen molar-refractivity contribution in [1.29, 1.82) is 0 Å². The van der Waals surface area contributed by atoms with Crippen LogP contribution in [-0.4, -0.2) is 39.8 Å². The van der Waals surface area contributed by atoms with Crippen LogP contribution in [0.15, 0.2) is 66.7 Å². The molecule has 6 nitrogen and oxygen atoms in total. The van der Waals surface area contributed by atoms with E-state index in [1.165, 1.54) is 0 Å². The van der Waals surface area contributed by atoms with Gasteiger partial charge >= 0.3 is 160 Å². The van der Waals surface area contributed by atoms with Gasteiger partial charge in [0, 0.05) is 0 Å². The molecule has 2 aliphatic rings. The van der Waals surface area contributed by atoms with Gasteiger partial charge in [-0.3, -0.25) is 0 Å². The number of benzene rings is 2. The summed E-state index contributed by atoms with van der Waals surface area (Å²) in [6.45, 7) is 3.82. The molecule has 2 N–H and O–H groups in total. The van der Waals surface area contributed by atoms with Gasteiger partial charge < -0.3 is 4.74 Å². The summed E-state index contributed by atoms with van der Waals surface area (Å²) in [7, 11) is 0. The number of aliphatic hydroxyl groups excluding tert-OH is 1. The van der Waals surface area contributed by atoms with E-state index < -0.39 is 19.8 Å². The molecule has 0 spiro atoms. The Balaban J connectivity index is 1.41. The van der Waals surface area contributed by atoms with E-state index in [1.807, 2.05) is 32.1 Å². The molecular weight excluding hydrogens is 565 g/mol.